The lowest BCUT2D eigenvalue weighted by molar-refractivity contribution is 0.476. The molecule has 6 heteroatoms. The Bertz CT molecular complexity index is 479. The van der Waals surface area contributed by atoms with E-state index in [9.17, 15) is 0 Å². The number of halogens is 1. The Morgan fingerprint density at radius 2 is 2.21 bits per heavy atom. The molecule has 0 aliphatic heterocycles. The van der Waals surface area contributed by atoms with Crippen LogP contribution in [0.3, 0.4) is 0 Å². The zero-order valence-corrected chi connectivity index (χ0v) is 7.95. The molecule has 4 N–H and O–H groups in total. The second-order valence-corrected chi connectivity index (χ2v) is 2.70. The van der Waals surface area contributed by atoms with Gasteiger partial charge >= 0.3 is 0 Å². The van der Waals surface area contributed by atoms with Crippen LogP contribution < -0.4 is 5.73 Å². The van der Waals surface area contributed by atoms with E-state index in [0.29, 0.717) is 5.52 Å². The highest BCUT2D eigenvalue weighted by atomic mass is 35.5. The number of nitrogens with two attached hydrogens (primary N) is 1. The SMILES string of the molecule is Cl.N=C(N)n1cc2ccc(O)cc2n1. The molecule has 1 aromatic heterocycles. The fourth-order valence-corrected chi connectivity index (χ4v) is 1.13. The molecule has 14 heavy (non-hydrogen) atoms. The first-order valence-electron chi connectivity index (χ1n) is 3.69. The summed E-state index contributed by atoms with van der Waals surface area (Å²) in [5.41, 5.74) is 5.86. The third kappa shape index (κ3) is 1.62. The summed E-state index contributed by atoms with van der Waals surface area (Å²) in [7, 11) is 0. The van der Waals surface area contributed by atoms with Gasteiger partial charge in [-0.15, -0.1) is 12.4 Å². The van der Waals surface area contributed by atoms with Crippen molar-refractivity contribution >= 4 is 29.3 Å². The molecule has 0 aliphatic rings. The molecule has 0 spiro atoms. The van der Waals surface area contributed by atoms with Gasteiger partial charge in [-0.2, -0.15) is 5.10 Å². The van der Waals surface area contributed by atoms with Gasteiger partial charge in [0.2, 0.25) is 5.96 Å². The van der Waals surface area contributed by atoms with E-state index in [1.807, 2.05) is 0 Å². The predicted molar refractivity (Wildman–Crippen MR) is 56.0 cm³/mol. The van der Waals surface area contributed by atoms with Gasteiger partial charge in [-0.3, -0.25) is 5.41 Å². The normalized spacial score (nSPS) is 9.71. The minimum atomic E-state index is -0.143. The van der Waals surface area contributed by atoms with Crippen molar-refractivity contribution in [3.8, 4) is 5.75 Å². The summed E-state index contributed by atoms with van der Waals surface area (Å²) in [6.45, 7) is 0. The van der Waals surface area contributed by atoms with Crippen molar-refractivity contribution in [2.45, 2.75) is 0 Å². The average Bonchev–Trinajstić information content (AvgIpc) is 2.46. The first-order chi connectivity index (χ1) is 6.16. The summed E-state index contributed by atoms with van der Waals surface area (Å²) < 4.78 is 1.25. The molecule has 0 radical (unpaired) electrons. The van der Waals surface area contributed by atoms with Crippen LogP contribution in [0.2, 0.25) is 0 Å². The summed E-state index contributed by atoms with van der Waals surface area (Å²) in [6.07, 6.45) is 1.64. The lowest BCUT2D eigenvalue weighted by Crippen LogP contribution is -2.20. The number of fused-ring (bicyclic) bond motifs is 1. The minimum Gasteiger partial charge on any atom is -0.508 e. The lowest BCUT2D eigenvalue weighted by atomic mass is 10.2. The van der Waals surface area contributed by atoms with Crippen molar-refractivity contribution in [2.75, 3.05) is 0 Å². The van der Waals surface area contributed by atoms with Gasteiger partial charge in [-0.25, -0.2) is 4.68 Å². The maximum absolute atomic E-state index is 9.14. The van der Waals surface area contributed by atoms with E-state index in [4.69, 9.17) is 16.2 Å². The van der Waals surface area contributed by atoms with Crippen LogP contribution in [0.15, 0.2) is 24.4 Å². The minimum absolute atomic E-state index is 0. The van der Waals surface area contributed by atoms with E-state index in [2.05, 4.69) is 5.10 Å². The summed E-state index contributed by atoms with van der Waals surface area (Å²) >= 11 is 0. The second kappa shape index (κ2) is 3.55. The number of benzene rings is 1. The van der Waals surface area contributed by atoms with Gasteiger partial charge in [0, 0.05) is 17.6 Å². The van der Waals surface area contributed by atoms with Crippen LogP contribution in [-0.2, 0) is 0 Å². The Labute approximate surface area is 86.1 Å². The lowest BCUT2D eigenvalue weighted by Gasteiger charge is -1.91. The molecule has 2 rings (SSSR count). The van der Waals surface area contributed by atoms with Gasteiger partial charge in [-0.05, 0) is 12.1 Å². The van der Waals surface area contributed by atoms with Crippen LogP contribution in [0, 0.1) is 5.41 Å². The highest BCUT2D eigenvalue weighted by Crippen LogP contribution is 2.17. The van der Waals surface area contributed by atoms with Crippen LogP contribution in [-0.4, -0.2) is 20.8 Å². The number of aromatic hydroxyl groups is 1. The zero-order valence-electron chi connectivity index (χ0n) is 7.14. The average molecular weight is 213 g/mol. The van der Waals surface area contributed by atoms with E-state index in [1.54, 1.807) is 18.3 Å². The molecule has 2 aromatic rings. The predicted octanol–water partition coefficient (Wildman–Crippen LogP) is 0.905. The van der Waals surface area contributed by atoms with Crippen LogP contribution in [0.1, 0.15) is 0 Å². The van der Waals surface area contributed by atoms with E-state index in [1.165, 1.54) is 10.7 Å². The number of aromatic nitrogens is 2. The van der Waals surface area contributed by atoms with Crippen LogP contribution in [0.4, 0.5) is 0 Å². The summed E-state index contributed by atoms with van der Waals surface area (Å²) in [5.74, 6) is 0.0111. The van der Waals surface area contributed by atoms with E-state index in [0.717, 1.165) is 5.39 Å². The standard InChI is InChI=1S/C8H8N4O.ClH/c9-8(10)12-4-5-1-2-6(13)3-7(5)11-12;/h1-4,13H,(H3,9,10);1H. The van der Waals surface area contributed by atoms with E-state index in [-0.39, 0.29) is 24.1 Å². The zero-order chi connectivity index (χ0) is 9.42. The number of rotatable bonds is 0. The van der Waals surface area contributed by atoms with E-state index < -0.39 is 0 Å². The molecule has 0 unspecified atom stereocenters. The summed E-state index contributed by atoms with van der Waals surface area (Å²) in [6, 6.07) is 4.81. The number of phenolic OH excluding ortho intramolecular Hbond substituents is 1. The highest BCUT2D eigenvalue weighted by Gasteiger charge is 2.02. The fraction of sp³-hybridized carbons (Fsp3) is 0. The third-order valence-electron chi connectivity index (χ3n) is 1.74. The summed E-state index contributed by atoms with van der Waals surface area (Å²) in [4.78, 5) is 0. The Morgan fingerprint density at radius 3 is 2.86 bits per heavy atom. The van der Waals surface area contributed by atoms with E-state index >= 15 is 0 Å². The van der Waals surface area contributed by atoms with Gasteiger partial charge in [0.25, 0.3) is 0 Å². The Morgan fingerprint density at radius 1 is 1.50 bits per heavy atom. The molecule has 1 aromatic carbocycles. The maximum atomic E-state index is 9.14. The van der Waals surface area contributed by atoms with Crippen LogP contribution >= 0.6 is 12.4 Å². The van der Waals surface area contributed by atoms with Gasteiger partial charge in [0.15, 0.2) is 0 Å². The van der Waals surface area contributed by atoms with Crippen molar-refractivity contribution in [1.29, 1.82) is 5.41 Å². The Hall–Kier alpha value is -1.75. The third-order valence-corrected chi connectivity index (χ3v) is 1.74. The topological polar surface area (TPSA) is 87.9 Å². The molecule has 0 saturated heterocycles. The fourth-order valence-electron chi connectivity index (χ4n) is 1.13. The van der Waals surface area contributed by atoms with Crippen LogP contribution in [0.5, 0.6) is 5.75 Å². The molecule has 0 saturated carbocycles. The highest BCUT2D eigenvalue weighted by molar-refractivity contribution is 5.85. The monoisotopic (exact) mass is 212 g/mol. The molecule has 1 heterocycles. The first-order valence-corrected chi connectivity index (χ1v) is 3.69. The van der Waals surface area contributed by atoms with Crippen molar-refractivity contribution < 1.29 is 5.11 Å². The molecule has 0 atom stereocenters. The maximum Gasteiger partial charge on any atom is 0.213 e. The van der Waals surface area contributed by atoms with Crippen molar-refractivity contribution in [3.63, 3.8) is 0 Å². The molecule has 0 bridgehead atoms. The number of nitrogens with zero attached hydrogens (tertiary/aromatic N) is 2. The van der Waals surface area contributed by atoms with Gasteiger partial charge in [0.1, 0.15) is 5.75 Å². The van der Waals surface area contributed by atoms with Crippen molar-refractivity contribution in [1.82, 2.24) is 9.78 Å². The Balaban J connectivity index is 0.000000980. The smallest absolute Gasteiger partial charge is 0.213 e. The molecule has 0 amide bonds. The van der Waals surface area contributed by atoms with Crippen molar-refractivity contribution in [2.24, 2.45) is 5.73 Å². The number of nitrogens with one attached hydrogen (secondary N) is 1. The number of hydrogen-bond acceptors (Lipinski definition) is 3. The molecule has 74 valence electrons. The first kappa shape index (κ1) is 10.3. The van der Waals surface area contributed by atoms with Crippen LogP contribution in [0.25, 0.3) is 10.9 Å². The number of nitrogen functional groups attached to an aromatic ring is 1. The van der Waals surface area contributed by atoms with Crippen molar-refractivity contribution in [3.05, 3.63) is 24.4 Å². The van der Waals surface area contributed by atoms with Gasteiger partial charge in [0.05, 0.1) is 5.52 Å². The largest absolute Gasteiger partial charge is 0.508 e. The molecule has 5 nitrogen and oxygen atoms in total. The molecular weight excluding hydrogens is 204 g/mol. The number of hydrogen-bond donors (Lipinski definition) is 3. The molecular formula is C8H9ClN4O. The summed E-state index contributed by atoms with van der Waals surface area (Å²) in [5, 5.41) is 21.1. The van der Waals surface area contributed by atoms with Gasteiger partial charge in [-0.1, -0.05) is 0 Å². The molecule has 0 aliphatic carbocycles. The Kier molecular flexibility index (Phi) is 2.62. The van der Waals surface area contributed by atoms with Gasteiger partial charge < -0.3 is 10.8 Å². The molecule has 0 fully saturated rings. The quantitative estimate of drug-likeness (QED) is 0.448. The second-order valence-electron chi connectivity index (χ2n) is 2.70. The number of phenols is 1.